The number of hydrogen-bond acceptors (Lipinski definition) is 5. The quantitative estimate of drug-likeness (QED) is 0.167. The second kappa shape index (κ2) is 14.7. The average molecular weight is 855 g/mol. The van der Waals surface area contributed by atoms with Crippen LogP contribution in [0.2, 0.25) is 0 Å². The number of fused-ring (bicyclic) bond motifs is 9. The maximum absolute atomic E-state index is 5.40. The van der Waals surface area contributed by atoms with Crippen molar-refractivity contribution in [3.05, 3.63) is 206 Å². The summed E-state index contributed by atoms with van der Waals surface area (Å²) in [6.45, 7) is 0. The lowest BCUT2D eigenvalue weighted by Gasteiger charge is -2.14. The standard InChI is InChI=1S/C58H34N2S3/c1-2-10-36(11-3-1)50-34-51(37-20-18-35(19-21-37)38-22-25-55-47(31-38)44-12-4-7-15-52(44)61-55)60-58(59-50)43-29-41(39-23-26-56-48(32-39)45-13-5-8-16-53(45)62-56)28-42(30-43)40-24-27-57-49(33-40)46-14-6-9-17-54(46)63-57/h1-34H. The Labute approximate surface area is 375 Å². The van der Waals surface area contributed by atoms with E-state index in [0.29, 0.717) is 5.82 Å². The normalized spacial score (nSPS) is 11.8. The van der Waals surface area contributed by atoms with Crippen LogP contribution in [-0.4, -0.2) is 9.97 Å². The molecule has 0 aliphatic carbocycles. The summed E-state index contributed by atoms with van der Waals surface area (Å²) >= 11 is 5.55. The molecule has 63 heavy (non-hydrogen) atoms. The van der Waals surface area contributed by atoms with Crippen molar-refractivity contribution in [3.8, 4) is 67.3 Å². The molecule has 0 fully saturated rings. The third-order valence-corrected chi connectivity index (χ3v) is 15.8. The van der Waals surface area contributed by atoms with Crippen LogP contribution in [0.3, 0.4) is 0 Å². The second-order valence-electron chi connectivity index (χ2n) is 16.1. The summed E-state index contributed by atoms with van der Waals surface area (Å²) in [5.41, 5.74) is 11.8. The Bertz CT molecular complexity index is 3780. The molecule has 0 saturated heterocycles. The molecule has 0 aliphatic heterocycles. The Morgan fingerprint density at radius 1 is 0.222 bits per heavy atom. The third-order valence-electron chi connectivity index (χ3n) is 12.3. The van der Waals surface area contributed by atoms with Gasteiger partial charge in [-0.2, -0.15) is 0 Å². The summed E-state index contributed by atoms with van der Waals surface area (Å²) in [5, 5.41) is 7.76. The van der Waals surface area contributed by atoms with Gasteiger partial charge >= 0.3 is 0 Å². The Hall–Kier alpha value is -7.28. The molecule has 0 radical (unpaired) electrons. The monoisotopic (exact) mass is 854 g/mol. The summed E-state index contributed by atoms with van der Waals surface area (Å²) in [5.74, 6) is 0.692. The first-order valence-corrected chi connectivity index (χ1v) is 23.6. The lowest BCUT2D eigenvalue weighted by molar-refractivity contribution is 1.18. The van der Waals surface area contributed by atoms with Crippen LogP contribution in [-0.2, 0) is 0 Å². The van der Waals surface area contributed by atoms with E-state index >= 15 is 0 Å². The lowest BCUT2D eigenvalue weighted by Crippen LogP contribution is -1.97. The minimum atomic E-state index is 0.692. The molecule has 0 atom stereocenters. The van der Waals surface area contributed by atoms with Crippen LogP contribution < -0.4 is 0 Å². The molecule has 2 nitrogen and oxygen atoms in total. The second-order valence-corrected chi connectivity index (χ2v) is 19.4. The van der Waals surface area contributed by atoms with Gasteiger partial charge in [0.05, 0.1) is 11.4 Å². The highest BCUT2D eigenvalue weighted by atomic mass is 32.1. The highest BCUT2D eigenvalue weighted by molar-refractivity contribution is 7.26. The van der Waals surface area contributed by atoms with Gasteiger partial charge in [-0.05, 0) is 112 Å². The molecule has 4 aromatic heterocycles. The molecule has 0 spiro atoms. The van der Waals surface area contributed by atoms with Crippen molar-refractivity contribution < 1.29 is 0 Å². The van der Waals surface area contributed by atoms with E-state index in [0.717, 1.165) is 39.2 Å². The Morgan fingerprint density at radius 2 is 0.571 bits per heavy atom. The van der Waals surface area contributed by atoms with Gasteiger partial charge in [-0.1, -0.05) is 127 Å². The molecule has 0 unspecified atom stereocenters. The van der Waals surface area contributed by atoms with Gasteiger partial charge in [-0.15, -0.1) is 34.0 Å². The van der Waals surface area contributed by atoms with Crippen LogP contribution in [0.4, 0.5) is 0 Å². The predicted octanol–water partition coefficient (Wildman–Crippen LogP) is 17.6. The van der Waals surface area contributed by atoms with Crippen LogP contribution in [0.25, 0.3) is 128 Å². The van der Waals surface area contributed by atoms with Crippen LogP contribution in [0.15, 0.2) is 206 Å². The largest absolute Gasteiger partial charge is 0.228 e. The van der Waals surface area contributed by atoms with E-state index in [-0.39, 0.29) is 0 Å². The number of rotatable bonds is 6. The molecule has 13 rings (SSSR count). The van der Waals surface area contributed by atoms with Crippen molar-refractivity contribution in [2.24, 2.45) is 0 Å². The first kappa shape index (κ1) is 36.4. The van der Waals surface area contributed by atoms with Crippen molar-refractivity contribution >= 4 is 94.5 Å². The van der Waals surface area contributed by atoms with Gasteiger partial charge in [-0.25, -0.2) is 9.97 Å². The molecule has 294 valence electrons. The van der Waals surface area contributed by atoms with Gasteiger partial charge in [0.1, 0.15) is 0 Å². The summed E-state index contributed by atoms with van der Waals surface area (Å²) in [4.78, 5) is 10.7. The van der Waals surface area contributed by atoms with E-state index in [1.807, 2.05) is 34.0 Å². The Balaban J connectivity index is 0.974. The maximum Gasteiger partial charge on any atom is 0.160 e. The number of nitrogens with zero attached hydrogens (tertiary/aromatic N) is 2. The van der Waals surface area contributed by atoms with Gasteiger partial charge in [-0.3, -0.25) is 0 Å². The molecular formula is C58H34N2S3. The third kappa shape index (κ3) is 6.35. The number of benzene rings is 9. The summed E-state index contributed by atoms with van der Waals surface area (Å²) in [6.07, 6.45) is 0. The SMILES string of the molecule is c1ccc(-c2cc(-c3ccc(-c4ccc5sc6ccccc6c5c4)cc3)nc(-c3cc(-c4ccc5sc6ccccc6c5c4)cc(-c4ccc5sc6ccccc6c5c4)c3)n2)cc1. The van der Waals surface area contributed by atoms with Crippen molar-refractivity contribution in [1.82, 2.24) is 9.97 Å². The minimum absolute atomic E-state index is 0.692. The van der Waals surface area contributed by atoms with Gasteiger partial charge in [0.15, 0.2) is 5.82 Å². The molecule has 0 aliphatic rings. The van der Waals surface area contributed by atoms with E-state index < -0.39 is 0 Å². The van der Waals surface area contributed by atoms with E-state index in [1.54, 1.807) is 0 Å². The zero-order valence-electron chi connectivity index (χ0n) is 33.7. The first-order chi connectivity index (χ1) is 31.1. The highest BCUT2D eigenvalue weighted by Gasteiger charge is 2.17. The van der Waals surface area contributed by atoms with Gasteiger partial charge in [0.2, 0.25) is 0 Å². The summed E-state index contributed by atoms with van der Waals surface area (Å²) < 4.78 is 7.83. The van der Waals surface area contributed by atoms with E-state index in [9.17, 15) is 0 Å². The molecule has 0 bridgehead atoms. The van der Waals surface area contributed by atoms with E-state index in [2.05, 4.69) is 206 Å². The Morgan fingerprint density at radius 3 is 1.05 bits per heavy atom. The van der Waals surface area contributed by atoms with E-state index in [4.69, 9.17) is 9.97 Å². The zero-order valence-corrected chi connectivity index (χ0v) is 36.2. The topological polar surface area (TPSA) is 25.8 Å². The smallest absolute Gasteiger partial charge is 0.160 e. The molecule has 5 heteroatoms. The highest BCUT2D eigenvalue weighted by Crippen LogP contribution is 2.42. The van der Waals surface area contributed by atoms with Gasteiger partial charge in [0.25, 0.3) is 0 Å². The molecule has 13 aromatic rings. The fourth-order valence-electron chi connectivity index (χ4n) is 9.12. The number of aromatic nitrogens is 2. The fourth-order valence-corrected chi connectivity index (χ4v) is 12.4. The molecule has 0 N–H and O–H groups in total. The zero-order chi connectivity index (χ0) is 41.4. The predicted molar refractivity (Wildman–Crippen MR) is 273 cm³/mol. The molecule has 4 heterocycles. The lowest BCUT2D eigenvalue weighted by atomic mass is 9.94. The number of hydrogen-bond donors (Lipinski definition) is 0. The average Bonchev–Trinajstić information content (AvgIpc) is 4.04. The first-order valence-electron chi connectivity index (χ1n) is 21.1. The van der Waals surface area contributed by atoms with Crippen molar-refractivity contribution in [2.45, 2.75) is 0 Å². The molecular weight excluding hydrogens is 821 g/mol. The molecule has 0 amide bonds. The van der Waals surface area contributed by atoms with Gasteiger partial charge < -0.3 is 0 Å². The Kier molecular flexibility index (Phi) is 8.48. The minimum Gasteiger partial charge on any atom is -0.228 e. The maximum atomic E-state index is 5.40. The van der Waals surface area contributed by atoms with Crippen molar-refractivity contribution in [2.75, 3.05) is 0 Å². The van der Waals surface area contributed by atoms with Crippen LogP contribution >= 0.6 is 34.0 Å². The fraction of sp³-hybridized carbons (Fsp3) is 0. The molecule has 0 saturated carbocycles. The van der Waals surface area contributed by atoms with Crippen molar-refractivity contribution in [1.29, 1.82) is 0 Å². The van der Waals surface area contributed by atoms with Crippen molar-refractivity contribution in [3.63, 3.8) is 0 Å². The number of thiophene rings is 3. The van der Waals surface area contributed by atoms with Crippen LogP contribution in [0, 0.1) is 0 Å². The summed E-state index contributed by atoms with van der Waals surface area (Å²) in [6, 6.07) is 75.1. The van der Waals surface area contributed by atoms with E-state index in [1.165, 1.54) is 82.8 Å². The van der Waals surface area contributed by atoms with Crippen LogP contribution in [0.5, 0.6) is 0 Å². The van der Waals surface area contributed by atoms with Crippen LogP contribution in [0.1, 0.15) is 0 Å². The van der Waals surface area contributed by atoms with Gasteiger partial charge in [0, 0.05) is 77.2 Å². The molecule has 9 aromatic carbocycles. The summed E-state index contributed by atoms with van der Waals surface area (Å²) in [7, 11) is 0.